The van der Waals surface area contributed by atoms with Crippen LogP contribution < -0.4 is 4.74 Å². The summed E-state index contributed by atoms with van der Waals surface area (Å²) in [6.45, 7) is 5.82. The zero-order chi connectivity index (χ0) is 16.8. The van der Waals surface area contributed by atoms with E-state index >= 15 is 0 Å². The normalized spacial score (nSPS) is 15.8. The maximum atomic E-state index is 10.4. The molecule has 0 aliphatic carbocycles. The second-order valence-corrected chi connectivity index (χ2v) is 6.52. The topological polar surface area (TPSA) is 32.7 Å². The smallest absolute Gasteiger partial charge is 0.119 e. The summed E-state index contributed by atoms with van der Waals surface area (Å²) in [7, 11) is 0. The summed E-state index contributed by atoms with van der Waals surface area (Å²) in [5, 5.41) is 10.4. The van der Waals surface area contributed by atoms with Gasteiger partial charge in [-0.1, -0.05) is 43.3 Å². The molecule has 1 unspecified atom stereocenters. The zero-order valence-electron chi connectivity index (χ0n) is 14.4. The first-order valence-electron chi connectivity index (χ1n) is 8.96. The first kappa shape index (κ1) is 17.0. The van der Waals surface area contributed by atoms with Crippen molar-refractivity contribution in [1.29, 1.82) is 0 Å². The SMILES string of the molecule is CCCOc1ccc(C(O)CCN2CCc3ccccc3C2)cc1. The van der Waals surface area contributed by atoms with E-state index in [-0.39, 0.29) is 0 Å². The van der Waals surface area contributed by atoms with Crippen molar-refractivity contribution in [1.82, 2.24) is 4.90 Å². The molecule has 0 saturated heterocycles. The third-order valence-electron chi connectivity index (χ3n) is 4.67. The van der Waals surface area contributed by atoms with Crippen LogP contribution in [-0.2, 0) is 13.0 Å². The molecular weight excluding hydrogens is 298 g/mol. The molecular formula is C21H27NO2. The molecule has 0 saturated carbocycles. The van der Waals surface area contributed by atoms with Gasteiger partial charge in [-0.3, -0.25) is 4.90 Å². The Kier molecular flexibility index (Phi) is 5.89. The molecule has 0 aromatic heterocycles. The highest BCUT2D eigenvalue weighted by Gasteiger charge is 2.17. The molecule has 0 fully saturated rings. The fraction of sp³-hybridized carbons (Fsp3) is 0.429. The van der Waals surface area contributed by atoms with Gasteiger partial charge in [-0.2, -0.15) is 0 Å². The summed E-state index contributed by atoms with van der Waals surface area (Å²) in [6.07, 6.45) is 2.46. The minimum atomic E-state index is -0.414. The number of ether oxygens (including phenoxy) is 1. The number of aliphatic hydroxyl groups is 1. The number of aliphatic hydroxyl groups excluding tert-OH is 1. The quantitative estimate of drug-likeness (QED) is 0.836. The summed E-state index contributed by atoms with van der Waals surface area (Å²) in [6, 6.07) is 16.5. The lowest BCUT2D eigenvalue weighted by atomic mass is 9.99. The first-order chi connectivity index (χ1) is 11.8. The molecule has 24 heavy (non-hydrogen) atoms. The maximum Gasteiger partial charge on any atom is 0.119 e. The fourth-order valence-corrected chi connectivity index (χ4v) is 3.22. The molecule has 0 amide bonds. The lowest BCUT2D eigenvalue weighted by molar-refractivity contribution is 0.137. The Labute approximate surface area is 144 Å². The van der Waals surface area contributed by atoms with Crippen molar-refractivity contribution in [2.75, 3.05) is 19.7 Å². The Morgan fingerprint density at radius 2 is 1.83 bits per heavy atom. The van der Waals surface area contributed by atoms with Crippen LogP contribution in [0.5, 0.6) is 5.75 Å². The van der Waals surface area contributed by atoms with Gasteiger partial charge in [0.2, 0.25) is 0 Å². The van der Waals surface area contributed by atoms with Gasteiger partial charge in [0.15, 0.2) is 0 Å². The van der Waals surface area contributed by atoms with E-state index in [1.807, 2.05) is 24.3 Å². The largest absolute Gasteiger partial charge is 0.494 e. The van der Waals surface area contributed by atoms with Crippen molar-refractivity contribution < 1.29 is 9.84 Å². The Balaban J connectivity index is 1.50. The molecule has 1 atom stereocenters. The van der Waals surface area contributed by atoms with Gasteiger partial charge in [-0.15, -0.1) is 0 Å². The van der Waals surface area contributed by atoms with Crippen molar-refractivity contribution in [3.63, 3.8) is 0 Å². The van der Waals surface area contributed by atoms with Gasteiger partial charge in [-0.05, 0) is 48.1 Å². The van der Waals surface area contributed by atoms with E-state index in [1.165, 1.54) is 11.1 Å². The summed E-state index contributed by atoms with van der Waals surface area (Å²) < 4.78 is 5.59. The van der Waals surface area contributed by atoms with Crippen LogP contribution >= 0.6 is 0 Å². The van der Waals surface area contributed by atoms with Gasteiger partial charge in [-0.25, -0.2) is 0 Å². The highest BCUT2D eigenvalue weighted by molar-refractivity contribution is 5.30. The Morgan fingerprint density at radius 1 is 1.08 bits per heavy atom. The molecule has 3 nitrogen and oxygen atoms in total. The van der Waals surface area contributed by atoms with Gasteiger partial charge in [0.05, 0.1) is 12.7 Å². The van der Waals surface area contributed by atoms with Gasteiger partial charge in [0, 0.05) is 19.6 Å². The number of benzene rings is 2. The minimum Gasteiger partial charge on any atom is -0.494 e. The second kappa shape index (κ2) is 8.32. The van der Waals surface area contributed by atoms with Crippen molar-refractivity contribution in [3.05, 3.63) is 65.2 Å². The van der Waals surface area contributed by atoms with Crippen LogP contribution in [-0.4, -0.2) is 29.7 Å². The van der Waals surface area contributed by atoms with Crippen LogP contribution in [0.15, 0.2) is 48.5 Å². The summed E-state index contributed by atoms with van der Waals surface area (Å²) >= 11 is 0. The van der Waals surface area contributed by atoms with Crippen LogP contribution in [0, 0.1) is 0 Å². The van der Waals surface area contributed by atoms with Crippen LogP contribution in [0.4, 0.5) is 0 Å². The number of hydrogen-bond donors (Lipinski definition) is 1. The molecule has 2 aromatic carbocycles. The molecule has 3 rings (SSSR count). The van der Waals surface area contributed by atoms with Crippen molar-refractivity contribution in [3.8, 4) is 5.75 Å². The van der Waals surface area contributed by atoms with E-state index in [2.05, 4.69) is 36.1 Å². The summed E-state index contributed by atoms with van der Waals surface area (Å²) in [4.78, 5) is 2.43. The van der Waals surface area contributed by atoms with Gasteiger partial charge in [0.25, 0.3) is 0 Å². The van der Waals surface area contributed by atoms with Gasteiger partial charge >= 0.3 is 0 Å². The van der Waals surface area contributed by atoms with Crippen LogP contribution in [0.2, 0.25) is 0 Å². The van der Waals surface area contributed by atoms with Crippen molar-refractivity contribution >= 4 is 0 Å². The molecule has 128 valence electrons. The van der Waals surface area contributed by atoms with Crippen LogP contribution in [0.3, 0.4) is 0 Å². The lowest BCUT2D eigenvalue weighted by Crippen LogP contribution is -2.32. The number of nitrogens with zero attached hydrogens (tertiary/aromatic N) is 1. The number of rotatable bonds is 7. The molecule has 1 aliphatic rings. The third kappa shape index (κ3) is 4.37. The Hall–Kier alpha value is -1.84. The highest BCUT2D eigenvalue weighted by Crippen LogP contribution is 2.23. The molecule has 3 heteroatoms. The lowest BCUT2D eigenvalue weighted by Gasteiger charge is -2.29. The molecule has 0 spiro atoms. The van der Waals surface area contributed by atoms with E-state index in [4.69, 9.17) is 4.74 Å². The molecule has 1 aliphatic heterocycles. The van der Waals surface area contributed by atoms with E-state index in [0.717, 1.165) is 56.8 Å². The van der Waals surface area contributed by atoms with Gasteiger partial charge in [0.1, 0.15) is 5.75 Å². The average molecular weight is 325 g/mol. The zero-order valence-corrected chi connectivity index (χ0v) is 14.4. The number of fused-ring (bicyclic) bond motifs is 1. The average Bonchev–Trinajstić information content (AvgIpc) is 2.64. The molecule has 1 heterocycles. The van der Waals surface area contributed by atoms with Crippen LogP contribution in [0.1, 0.15) is 42.6 Å². The first-order valence-corrected chi connectivity index (χ1v) is 8.96. The fourth-order valence-electron chi connectivity index (χ4n) is 3.22. The predicted molar refractivity (Wildman–Crippen MR) is 97.2 cm³/mol. The monoisotopic (exact) mass is 325 g/mol. The van der Waals surface area contributed by atoms with Crippen molar-refractivity contribution in [2.24, 2.45) is 0 Å². The Bertz CT molecular complexity index is 639. The number of hydrogen-bond acceptors (Lipinski definition) is 3. The standard InChI is InChI=1S/C21H27NO2/c1-2-15-24-20-9-7-18(8-10-20)21(23)12-14-22-13-11-17-5-3-4-6-19(17)16-22/h3-10,21,23H,2,11-16H2,1H3. The molecule has 0 bridgehead atoms. The highest BCUT2D eigenvalue weighted by atomic mass is 16.5. The van der Waals surface area contributed by atoms with Crippen molar-refractivity contribution in [2.45, 2.75) is 38.8 Å². The van der Waals surface area contributed by atoms with E-state index < -0.39 is 6.10 Å². The summed E-state index contributed by atoms with van der Waals surface area (Å²) in [5.74, 6) is 0.875. The second-order valence-electron chi connectivity index (χ2n) is 6.52. The predicted octanol–water partition coefficient (Wildman–Crippen LogP) is 3.96. The molecule has 1 N–H and O–H groups in total. The Morgan fingerprint density at radius 3 is 2.58 bits per heavy atom. The molecule has 2 aromatic rings. The summed E-state index contributed by atoms with van der Waals surface area (Å²) in [5.41, 5.74) is 3.86. The third-order valence-corrected chi connectivity index (χ3v) is 4.67. The van der Waals surface area contributed by atoms with E-state index in [1.54, 1.807) is 0 Å². The van der Waals surface area contributed by atoms with E-state index in [0.29, 0.717) is 0 Å². The molecule has 0 radical (unpaired) electrons. The van der Waals surface area contributed by atoms with Crippen LogP contribution in [0.25, 0.3) is 0 Å². The van der Waals surface area contributed by atoms with E-state index in [9.17, 15) is 5.11 Å². The maximum absolute atomic E-state index is 10.4. The minimum absolute atomic E-state index is 0.414. The van der Waals surface area contributed by atoms with Gasteiger partial charge < -0.3 is 9.84 Å².